The van der Waals surface area contributed by atoms with Crippen molar-refractivity contribution in [2.45, 2.75) is 177 Å². The molecule has 17 heteroatoms. The van der Waals surface area contributed by atoms with E-state index in [0.29, 0.717) is 31.3 Å². The third-order valence-electron chi connectivity index (χ3n) is 14.2. The van der Waals surface area contributed by atoms with Crippen LogP contribution in [0, 0.1) is 23.2 Å². The minimum absolute atomic E-state index is 0.0703. The van der Waals surface area contributed by atoms with Gasteiger partial charge >= 0.3 is 11.9 Å². The quantitative estimate of drug-likeness (QED) is 0.200. The van der Waals surface area contributed by atoms with E-state index in [4.69, 9.17) is 52.1 Å². The van der Waals surface area contributed by atoms with Crippen molar-refractivity contribution >= 4 is 11.9 Å². The van der Waals surface area contributed by atoms with E-state index in [1.54, 1.807) is 33.8 Å². The van der Waals surface area contributed by atoms with Gasteiger partial charge in [-0.25, -0.2) is 4.79 Å². The van der Waals surface area contributed by atoms with Gasteiger partial charge in [-0.05, 0) is 57.8 Å². The predicted octanol–water partition coefficient (Wildman–Crippen LogP) is 1.15. The minimum atomic E-state index is -1.25. The SMILES string of the molecule is CO[C@@H]1[C@@H](O)[C@H](O[C@H]2CC[C@@]3(C)C(=C[C@H](O)[C@H]4C(=O)O[C@@H]5CO[C@]6(C)OC(=O)/C(=C\C[C@@H]43)[C@@H]56)C2)O[C@H](C)[C@H]1O[C@H]1C[C@H](O)[C@H](O[C@@H]2C[C@@H](OC)[C@@H](O)[C@H](C)O2)[C@@H](C)O1. The first kappa shape index (κ1) is 42.6. The molecule has 6 fully saturated rings. The second kappa shape index (κ2) is 16.3. The highest BCUT2D eigenvalue weighted by atomic mass is 16.8. The van der Waals surface area contributed by atoms with Gasteiger partial charge in [0.2, 0.25) is 5.79 Å². The molecule has 0 aromatic rings. The average Bonchev–Trinajstić information content (AvgIpc) is 3.63. The highest BCUT2D eigenvalue weighted by Crippen LogP contribution is 2.56. The first-order valence-electron chi connectivity index (χ1n) is 20.7. The van der Waals surface area contributed by atoms with Crippen LogP contribution in [0.2, 0.25) is 0 Å². The number of methoxy groups -OCH3 is 2. The Morgan fingerprint density at radius 2 is 1.53 bits per heavy atom. The van der Waals surface area contributed by atoms with E-state index >= 15 is 0 Å². The van der Waals surface area contributed by atoms with Gasteiger partial charge < -0.3 is 72.5 Å². The Balaban J connectivity index is 0.895. The molecule has 0 radical (unpaired) electrons. The summed E-state index contributed by atoms with van der Waals surface area (Å²) in [7, 11) is 2.99. The van der Waals surface area contributed by atoms with Crippen LogP contribution in [0.1, 0.15) is 73.1 Å². The normalized spacial score (nSPS) is 52.7. The first-order chi connectivity index (χ1) is 27.5. The molecule has 0 aromatic heterocycles. The molecule has 326 valence electrons. The van der Waals surface area contributed by atoms with Crippen molar-refractivity contribution in [3.63, 3.8) is 0 Å². The maximum absolute atomic E-state index is 13.8. The van der Waals surface area contributed by atoms with Crippen molar-refractivity contribution in [3.05, 3.63) is 23.3 Å². The summed E-state index contributed by atoms with van der Waals surface area (Å²) in [5, 5.41) is 44.5. The molecule has 0 aromatic carbocycles. The van der Waals surface area contributed by atoms with Gasteiger partial charge in [0, 0.05) is 39.6 Å². The Morgan fingerprint density at radius 3 is 2.26 bits per heavy atom. The van der Waals surface area contributed by atoms with Crippen molar-refractivity contribution in [2.75, 3.05) is 20.8 Å². The van der Waals surface area contributed by atoms with E-state index in [9.17, 15) is 30.0 Å². The number of hydrogen-bond donors (Lipinski definition) is 4. The van der Waals surface area contributed by atoms with E-state index in [1.807, 2.05) is 6.08 Å². The fourth-order valence-corrected chi connectivity index (χ4v) is 10.9. The molecule has 17 nitrogen and oxygen atoms in total. The lowest BCUT2D eigenvalue weighted by atomic mass is 9.55. The third kappa shape index (κ3) is 7.49. The maximum atomic E-state index is 13.8. The molecule has 0 spiro atoms. The van der Waals surface area contributed by atoms with Crippen LogP contribution in [0.3, 0.4) is 0 Å². The van der Waals surface area contributed by atoms with Crippen LogP contribution in [0.25, 0.3) is 0 Å². The summed E-state index contributed by atoms with van der Waals surface area (Å²) in [6, 6.07) is 0. The number of carbonyl (C=O) groups excluding carboxylic acids is 2. The number of hydrogen-bond acceptors (Lipinski definition) is 17. The minimum Gasteiger partial charge on any atom is -0.459 e. The number of allylic oxidation sites excluding steroid dienone is 1. The van der Waals surface area contributed by atoms with Crippen LogP contribution in [-0.2, 0) is 61.7 Å². The van der Waals surface area contributed by atoms with Crippen molar-refractivity contribution in [1.29, 1.82) is 0 Å². The summed E-state index contributed by atoms with van der Waals surface area (Å²) >= 11 is 0. The third-order valence-corrected chi connectivity index (χ3v) is 14.2. The number of aliphatic hydroxyl groups excluding tert-OH is 4. The summed E-state index contributed by atoms with van der Waals surface area (Å²) in [6.07, 6.45) is -6.52. The summed E-state index contributed by atoms with van der Waals surface area (Å²) in [5.74, 6) is -3.93. The molecule has 8 aliphatic rings. The average molecular weight is 825 g/mol. The van der Waals surface area contributed by atoms with E-state index in [0.717, 1.165) is 5.57 Å². The summed E-state index contributed by atoms with van der Waals surface area (Å²) < 4.78 is 65.7. The van der Waals surface area contributed by atoms with Crippen LogP contribution in [0.15, 0.2) is 23.3 Å². The topological polar surface area (TPSA) is 217 Å². The Morgan fingerprint density at radius 1 is 0.828 bits per heavy atom. The number of carbonyl (C=O) groups is 2. The Kier molecular flexibility index (Phi) is 12.0. The number of fused-ring (bicyclic) bond motifs is 3. The molecule has 6 heterocycles. The highest BCUT2D eigenvalue weighted by Gasteiger charge is 2.62. The summed E-state index contributed by atoms with van der Waals surface area (Å²) in [4.78, 5) is 26.7. The van der Waals surface area contributed by atoms with Gasteiger partial charge in [0.15, 0.2) is 18.9 Å². The molecule has 2 aliphatic carbocycles. The largest absolute Gasteiger partial charge is 0.459 e. The molecule has 0 unspecified atom stereocenters. The second-order valence-corrected chi connectivity index (χ2v) is 17.7. The highest BCUT2D eigenvalue weighted by molar-refractivity contribution is 5.92. The molecular formula is C41H60O17. The molecule has 4 N–H and O–H groups in total. The smallest absolute Gasteiger partial charge is 0.336 e. The lowest BCUT2D eigenvalue weighted by Crippen LogP contribution is -2.61. The van der Waals surface area contributed by atoms with Gasteiger partial charge in [-0.2, -0.15) is 0 Å². The van der Waals surface area contributed by atoms with Gasteiger partial charge in [-0.1, -0.05) is 24.6 Å². The number of esters is 2. The van der Waals surface area contributed by atoms with Gasteiger partial charge in [0.25, 0.3) is 0 Å². The van der Waals surface area contributed by atoms with Crippen molar-refractivity contribution in [1.82, 2.24) is 0 Å². The number of aliphatic hydroxyl groups is 4. The molecule has 6 aliphatic heterocycles. The fraction of sp³-hybridized carbons (Fsp3) is 0.854. The lowest BCUT2D eigenvalue weighted by Gasteiger charge is -2.52. The molecule has 58 heavy (non-hydrogen) atoms. The van der Waals surface area contributed by atoms with Crippen molar-refractivity contribution in [2.24, 2.45) is 23.2 Å². The van der Waals surface area contributed by atoms with Gasteiger partial charge in [0.1, 0.15) is 36.6 Å². The Labute approximate surface area is 338 Å². The van der Waals surface area contributed by atoms with E-state index < -0.39 is 127 Å². The van der Waals surface area contributed by atoms with Crippen LogP contribution in [-0.4, -0.2) is 157 Å². The standard InChI is InChI=1S/C41H60O17/c1-17-32(44)26(48-6)15-29(51-17)56-34-18(2)52-28(14-25(34)43)57-35-19(3)53-39(33(45)36(35)49-7)54-21-10-11-40(4)20(12-21)13-24(42)30-23(40)9-8-22-31-27(55-38(30)47)16-50-41(31,5)58-37(22)46/h8,13,17-19,21,23-36,39,42-45H,9-12,14-16H2,1-7H3/b22-8-/t17-,18+,19+,21-,23-,24-,25-,26+,27+,28-,29+,30-,31-,32-,33+,34+,35+,36+,39-,40-,41+/m0/s1. The predicted molar refractivity (Wildman–Crippen MR) is 196 cm³/mol. The van der Waals surface area contributed by atoms with Crippen molar-refractivity contribution < 1.29 is 82.1 Å². The molecule has 5 saturated heterocycles. The van der Waals surface area contributed by atoms with Crippen LogP contribution in [0.4, 0.5) is 0 Å². The molecule has 0 amide bonds. The Hall–Kier alpha value is -2.10. The van der Waals surface area contributed by atoms with Crippen molar-refractivity contribution in [3.8, 4) is 0 Å². The molecular weight excluding hydrogens is 764 g/mol. The fourth-order valence-electron chi connectivity index (χ4n) is 10.9. The molecule has 21 atom stereocenters. The van der Waals surface area contributed by atoms with Crippen LogP contribution < -0.4 is 0 Å². The van der Waals surface area contributed by atoms with Gasteiger partial charge in [-0.3, -0.25) is 4.79 Å². The summed E-state index contributed by atoms with van der Waals surface area (Å²) in [6.45, 7) is 9.17. The van der Waals surface area contributed by atoms with E-state index in [-0.39, 0.29) is 31.5 Å². The molecule has 0 bridgehead atoms. The number of ether oxygens (including phenoxy) is 11. The van der Waals surface area contributed by atoms with E-state index in [2.05, 4.69) is 6.92 Å². The molecule has 1 saturated carbocycles. The van der Waals surface area contributed by atoms with E-state index in [1.165, 1.54) is 14.2 Å². The zero-order valence-corrected chi connectivity index (χ0v) is 34.2. The van der Waals surface area contributed by atoms with Crippen LogP contribution >= 0.6 is 0 Å². The first-order valence-corrected chi connectivity index (χ1v) is 20.7. The monoisotopic (exact) mass is 824 g/mol. The zero-order valence-electron chi connectivity index (χ0n) is 34.2. The molecule has 8 rings (SSSR count). The number of rotatable bonds is 8. The second-order valence-electron chi connectivity index (χ2n) is 17.7. The van der Waals surface area contributed by atoms with Crippen LogP contribution in [0.5, 0.6) is 0 Å². The lowest BCUT2D eigenvalue weighted by molar-refractivity contribution is -0.352. The Bertz CT molecular complexity index is 1590. The van der Waals surface area contributed by atoms with Gasteiger partial charge in [0.05, 0.1) is 61.2 Å². The maximum Gasteiger partial charge on any atom is 0.336 e. The summed E-state index contributed by atoms with van der Waals surface area (Å²) in [5.41, 5.74) is 0.856. The van der Waals surface area contributed by atoms with Gasteiger partial charge in [-0.15, -0.1) is 0 Å². The zero-order chi connectivity index (χ0) is 41.4.